The van der Waals surface area contributed by atoms with Crippen molar-refractivity contribution < 1.29 is 19.1 Å². The van der Waals surface area contributed by atoms with E-state index in [2.05, 4.69) is 5.32 Å². The zero-order chi connectivity index (χ0) is 18.5. The number of methoxy groups -OCH3 is 1. The van der Waals surface area contributed by atoms with E-state index < -0.39 is 0 Å². The van der Waals surface area contributed by atoms with Gasteiger partial charge >= 0.3 is 0 Å². The quantitative estimate of drug-likeness (QED) is 0.864. The van der Waals surface area contributed by atoms with E-state index in [1.807, 2.05) is 31.2 Å². The second-order valence-electron chi connectivity index (χ2n) is 6.27. The third-order valence-corrected chi connectivity index (χ3v) is 4.27. The molecule has 3 rings (SSSR count). The fourth-order valence-corrected chi connectivity index (χ4v) is 2.87. The Kier molecular flexibility index (Phi) is 5.41. The van der Waals surface area contributed by atoms with Gasteiger partial charge in [-0.3, -0.25) is 9.59 Å². The number of anilines is 1. The molecule has 6 nitrogen and oxygen atoms in total. The molecule has 2 aromatic carbocycles. The summed E-state index contributed by atoms with van der Waals surface area (Å²) < 4.78 is 10.5. The van der Waals surface area contributed by atoms with Crippen molar-refractivity contribution in [2.75, 3.05) is 25.2 Å². The van der Waals surface area contributed by atoms with E-state index in [1.165, 1.54) is 0 Å². The minimum atomic E-state index is -0.246. The van der Waals surface area contributed by atoms with Gasteiger partial charge in [0.15, 0.2) is 6.61 Å². The number of carbonyl (C=O) groups excluding carboxylic acids is 2. The first-order chi connectivity index (χ1) is 12.5. The van der Waals surface area contributed by atoms with Gasteiger partial charge in [-0.15, -0.1) is 0 Å². The van der Waals surface area contributed by atoms with Crippen molar-refractivity contribution in [1.29, 1.82) is 0 Å². The van der Waals surface area contributed by atoms with Gasteiger partial charge in [0, 0.05) is 18.7 Å². The average Bonchev–Trinajstić information content (AvgIpc) is 3.01. The van der Waals surface area contributed by atoms with E-state index in [0.29, 0.717) is 18.7 Å². The first-order valence-electron chi connectivity index (χ1n) is 8.48. The number of ether oxygens (including phenoxy) is 2. The Bertz CT molecular complexity index is 771. The van der Waals surface area contributed by atoms with Crippen molar-refractivity contribution in [3.63, 3.8) is 0 Å². The van der Waals surface area contributed by atoms with Crippen molar-refractivity contribution in [3.8, 4) is 11.5 Å². The van der Waals surface area contributed by atoms with Crippen LogP contribution in [0.5, 0.6) is 11.5 Å². The van der Waals surface area contributed by atoms with Crippen molar-refractivity contribution >= 4 is 17.5 Å². The van der Waals surface area contributed by atoms with Gasteiger partial charge in [0.1, 0.15) is 11.5 Å². The van der Waals surface area contributed by atoms with E-state index >= 15 is 0 Å². The summed E-state index contributed by atoms with van der Waals surface area (Å²) >= 11 is 0. The smallest absolute Gasteiger partial charge is 0.258 e. The van der Waals surface area contributed by atoms with Crippen LogP contribution in [0, 0.1) is 6.92 Å². The number of amides is 2. The molecule has 1 fully saturated rings. The number of aryl methyl sites for hydroxylation is 1. The minimum Gasteiger partial charge on any atom is -0.497 e. The maximum absolute atomic E-state index is 12.2. The molecule has 0 bridgehead atoms. The van der Waals surface area contributed by atoms with Gasteiger partial charge in [-0.25, -0.2) is 0 Å². The summed E-state index contributed by atoms with van der Waals surface area (Å²) in [5, 5.41) is 2.86. The zero-order valence-electron chi connectivity index (χ0n) is 14.9. The van der Waals surface area contributed by atoms with Crippen molar-refractivity contribution in [2.45, 2.75) is 19.4 Å². The number of rotatable bonds is 6. The largest absolute Gasteiger partial charge is 0.497 e. The summed E-state index contributed by atoms with van der Waals surface area (Å²) in [6.07, 6.45) is 0.294. The lowest BCUT2D eigenvalue weighted by Gasteiger charge is -2.17. The van der Waals surface area contributed by atoms with Crippen LogP contribution >= 0.6 is 0 Å². The van der Waals surface area contributed by atoms with Crippen LogP contribution < -0.4 is 19.7 Å². The second-order valence-corrected chi connectivity index (χ2v) is 6.27. The highest BCUT2D eigenvalue weighted by molar-refractivity contribution is 5.96. The minimum absolute atomic E-state index is 0.00947. The fraction of sp³-hybridized carbons (Fsp3) is 0.300. The molecule has 0 unspecified atom stereocenters. The highest BCUT2D eigenvalue weighted by atomic mass is 16.5. The molecule has 0 aliphatic carbocycles. The van der Waals surface area contributed by atoms with Crippen molar-refractivity contribution in [3.05, 3.63) is 54.1 Å². The highest BCUT2D eigenvalue weighted by Crippen LogP contribution is 2.22. The molecule has 1 aliphatic heterocycles. The average molecular weight is 354 g/mol. The summed E-state index contributed by atoms with van der Waals surface area (Å²) in [5.74, 6) is 1.08. The molecule has 1 atom stereocenters. The van der Waals surface area contributed by atoms with Crippen LogP contribution in [0.2, 0.25) is 0 Å². The number of hydrogen-bond donors (Lipinski definition) is 1. The van der Waals surface area contributed by atoms with Crippen LogP contribution in [0.4, 0.5) is 5.69 Å². The monoisotopic (exact) mass is 354 g/mol. The maximum atomic E-state index is 12.2. The fourth-order valence-electron chi connectivity index (χ4n) is 2.87. The van der Waals surface area contributed by atoms with Crippen molar-refractivity contribution in [2.24, 2.45) is 0 Å². The first-order valence-corrected chi connectivity index (χ1v) is 8.48. The van der Waals surface area contributed by atoms with Crippen LogP contribution in [0.1, 0.15) is 12.0 Å². The van der Waals surface area contributed by atoms with Crippen LogP contribution in [0.15, 0.2) is 48.5 Å². The molecule has 1 aliphatic rings. The van der Waals surface area contributed by atoms with Gasteiger partial charge in [0.05, 0.1) is 13.2 Å². The van der Waals surface area contributed by atoms with Gasteiger partial charge in [0.25, 0.3) is 5.91 Å². The Hall–Kier alpha value is -3.02. The van der Waals surface area contributed by atoms with E-state index in [4.69, 9.17) is 9.47 Å². The van der Waals surface area contributed by atoms with Gasteiger partial charge in [-0.1, -0.05) is 17.7 Å². The molecule has 1 saturated heterocycles. The van der Waals surface area contributed by atoms with Gasteiger partial charge in [-0.2, -0.15) is 0 Å². The van der Waals surface area contributed by atoms with Crippen molar-refractivity contribution in [1.82, 2.24) is 5.32 Å². The van der Waals surface area contributed by atoms with Crippen LogP contribution in [0.3, 0.4) is 0 Å². The van der Waals surface area contributed by atoms with Gasteiger partial charge in [0.2, 0.25) is 5.91 Å². The molecule has 6 heteroatoms. The number of carbonyl (C=O) groups is 2. The Balaban J connectivity index is 1.50. The first kappa shape index (κ1) is 17.8. The Morgan fingerprint density at radius 1 is 1.12 bits per heavy atom. The summed E-state index contributed by atoms with van der Waals surface area (Å²) in [6.45, 7) is 2.37. The normalized spacial score (nSPS) is 16.5. The summed E-state index contributed by atoms with van der Waals surface area (Å²) in [4.78, 5) is 26.0. The Labute approximate surface area is 152 Å². The zero-order valence-corrected chi connectivity index (χ0v) is 14.9. The summed E-state index contributed by atoms with van der Waals surface area (Å²) in [6, 6.07) is 14.6. The Morgan fingerprint density at radius 3 is 2.42 bits per heavy atom. The molecule has 1 N–H and O–H groups in total. The van der Waals surface area contributed by atoms with E-state index in [0.717, 1.165) is 17.0 Å². The molecule has 0 aromatic heterocycles. The topological polar surface area (TPSA) is 67.9 Å². The molecule has 0 saturated carbocycles. The molecule has 1 heterocycles. The molecule has 0 spiro atoms. The predicted octanol–water partition coefficient (Wildman–Crippen LogP) is 2.30. The standard InChI is InChI=1S/C20H22N2O4/c1-14-3-5-16(6-4-14)22-12-15(11-20(22)24)21-19(23)13-26-18-9-7-17(25-2)8-10-18/h3-10,15H,11-13H2,1-2H3,(H,21,23)/t15-/m0/s1. The van der Waals surface area contributed by atoms with E-state index in [1.54, 1.807) is 36.3 Å². The maximum Gasteiger partial charge on any atom is 0.258 e. The highest BCUT2D eigenvalue weighted by Gasteiger charge is 2.31. The number of benzene rings is 2. The number of nitrogens with one attached hydrogen (secondary N) is 1. The van der Waals surface area contributed by atoms with E-state index in [-0.39, 0.29) is 24.5 Å². The molecule has 136 valence electrons. The predicted molar refractivity (Wildman–Crippen MR) is 98.6 cm³/mol. The van der Waals surface area contributed by atoms with Crippen LogP contribution in [0.25, 0.3) is 0 Å². The summed E-state index contributed by atoms with van der Waals surface area (Å²) in [5.41, 5.74) is 1.99. The summed E-state index contributed by atoms with van der Waals surface area (Å²) in [7, 11) is 1.59. The van der Waals surface area contributed by atoms with E-state index in [9.17, 15) is 9.59 Å². The molecular weight excluding hydrogens is 332 g/mol. The number of nitrogens with zero attached hydrogens (tertiary/aromatic N) is 1. The third-order valence-electron chi connectivity index (χ3n) is 4.27. The lowest BCUT2D eigenvalue weighted by atomic mass is 10.2. The Morgan fingerprint density at radius 2 is 1.77 bits per heavy atom. The van der Waals surface area contributed by atoms with Gasteiger partial charge < -0.3 is 19.7 Å². The van der Waals surface area contributed by atoms with Crippen LogP contribution in [-0.4, -0.2) is 38.1 Å². The molecule has 26 heavy (non-hydrogen) atoms. The van der Waals surface area contributed by atoms with Crippen LogP contribution in [-0.2, 0) is 9.59 Å². The lowest BCUT2D eigenvalue weighted by Crippen LogP contribution is -2.39. The lowest BCUT2D eigenvalue weighted by molar-refractivity contribution is -0.123. The molecule has 0 radical (unpaired) electrons. The molecule has 2 amide bonds. The SMILES string of the molecule is COc1ccc(OCC(=O)N[C@H]2CC(=O)N(c3ccc(C)cc3)C2)cc1. The third kappa shape index (κ3) is 4.33. The number of hydrogen-bond acceptors (Lipinski definition) is 4. The second kappa shape index (κ2) is 7.91. The molecular formula is C20H22N2O4. The molecule has 2 aromatic rings. The van der Waals surface area contributed by atoms with Gasteiger partial charge in [-0.05, 0) is 43.3 Å².